The SMILES string of the molecule is COC(=O)c1cccc(NCc2cc(Br)c(C)s2)c1. The van der Waals surface area contributed by atoms with Crippen LogP contribution in [0.2, 0.25) is 0 Å². The first kappa shape index (κ1) is 14.1. The molecule has 1 aromatic heterocycles. The minimum atomic E-state index is -0.321. The van der Waals surface area contributed by atoms with E-state index in [4.69, 9.17) is 4.74 Å². The predicted molar refractivity (Wildman–Crippen MR) is 81.9 cm³/mol. The van der Waals surface area contributed by atoms with Gasteiger partial charge in [0.2, 0.25) is 0 Å². The van der Waals surface area contributed by atoms with Crippen LogP contribution in [0, 0.1) is 6.92 Å². The van der Waals surface area contributed by atoms with E-state index in [-0.39, 0.29) is 5.97 Å². The highest BCUT2D eigenvalue weighted by Crippen LogP contribution is 2.27. The number of esters is 1. The van der Waals surface area contributed by atoms with Crippen LogP contribution >= 0.6 is 27.3 Å². The number of carbonyl (C=O) groups is 1. The molecule has 0 saturated heterocycles. The summed E-state index contributed by atoms with van der Waals surface area (Å²) in [5, 5.41) is 3.30. The second-order valence-electron chi connectivity index (χ2n) is 4.04. The number of rotatable bonds is 4. The molecule has 0 atom stereocenters. The number of hydrogen-bond acceptors (Lipinski definition) is 4. The normalized spacial score (nSPS) is 10.3. The van der Waals surface area contributed by atoms with Crippen molar-refractivity contribution in [3.63, 3.8) is 0 Å². The van der Waals surface area contributed by atoms with Crippen LogP contribution in [0.3, 0.4) is 0 Å². The molecule has 0 aliphatic heterocycles. The van der Waals surface area contributed by atoms with Crippen LogP contribution < -0.4 is 5.32 Å². The summed E-state index contributed by atoms with van der Waals surface area (Å²) in [4.78, 5) is 13.9. The van der Waals surface area contributed by atoms with Crippen molar-refractivity contribution in [2.75, 3.05) is 12.4 Å². The fraction of sp³-hybridized carbons (Fsp3) is 0.214. The summed E-state index contributed by atoms with van der Waals surface area (Å²) in [6.45, 7) is 2.82. The first-order valence-electron chi connectivity index (χ1n) is 5.77. The fourth-order valence-corrected chi connectivity index (χ4v) is 3.21. The molecule has 100 valence electrons. The van der Waals surface area contributed by atoms with E-state index in [9.17, 15) is 4.79 Å². The number of hydrogen-bond donors (Lipinski definition) is 1. The second kappa shape index (κ2) is 6.21. The molecule has 0 aliphatic carbocycles. The third-order valence-corrected chi connectivity index (χ3v) is 4.80. The molecule has 0 bridgehead atoms. The molecule has 1 N–H and O–H groups in total. The van der Waals surface area contributed by atoms with E-state index in [0.717, 1.165) is 16.7 Å². The molecule has 2 rings (SSSR count). The summed E-state index contributed by atoms with van der Waals surface area (Å²) < 4.78 is 5.84. The number of carbonyl (C=O) groups excluding carboxylic acids is 1. The van der Waals surface area contributed by atoms with Gasteiger partial charge in [-0.3, -0.25) is 0 Å². The van der Waals surface area contributed by atoms with Crippen molar-refractivity contribution in [1.29, 1.82) is 0 Å². The summed E-state index contributed by atoms with van der Waals surface area (Å²) >= 11 is 5.25. The molecule has 0 fully saturated rings. The lowest BCUT2D eigenvalue weighted by Gasteiger charge is -2.06. The van der Waals surface area contributed by atoms with Gasteiger partial charge < -0.3 is 10.1 Å². The number of anilines is 1. The zero-order chi connectivity index (χ0) is 13.8. The van der Waals surface area contributed by atoms with Gasteiger partial charge in [-0.2, -0.15) is 0 Å². The molecule has 0 unspecified atom stereocenters. The molecule has 1 heterocycles. The van der Waals surface area contributed by atoms with Crippen molar-refractivity contribution in [2.24, 2.45) is 0 Å². The highest BCUT2D eigenvalue weighted by molar-refractivity contribution is 9.10. The Morgan fingerprint density at radius 1 is 1.42 bits per heavy atom. The number of ether oxygens (including phenoxy) is 1. The van der Waals surface area contributed by atoms with Gasteiger partial charge in [-0.05, 0) is 47.1 Å². The zero-order valence-corrected chi connectivity index (χ0v) is 13.1. The lowest BCUT2D eigenvalue weighted by molar-refractivity contribution is 0.0601. The maximum Gasteiger partial charge on any atom is 0.337 e. The summed E-state index contributed by atoms with van der Waals surface area (Å²) in [6, 6.07) is 9.41. The third-order valence-electron chi connectivity index (χ3n) is 2.66. The zero-order valence-electron chi connectivity index (χ0n) is 10.7. The highest BCUT2D eigenvalue weighted by atomic mass is 79.9. The van der Waals surface area contributed by atoms with E-state index in [1.165, 1.54) is 16.9 Å². The van der Waals surface area contributed by atoms with Crippen LogP contribution in [0.25, 0.3) is 0 Å². The molecule has 1 aromatic carbocycles. The van der Waals surface area contributed by atoms with Gasteiger partial charge in [-0.15, -0.1) is 11.3 Å². The van der Waals surface area contributed by atoms with Gasteiger partial charge in [0.1, 0.15) is 0 Å². The number of nitrogens with one attached hydrogen (secondary N) is 1. The Morgan fingerprint density at radius 2 is 2.21 bits per heavy atom. The second-order valence-corrected chi connectivity index (χ2v) is 6.24. The van der Waals surface area contributed by atoms with Crippen LogP contribution in [0.4, 0.5) is 5.69 Å². The van der Waals surface area contributed by atoms with E-state index < -0.39 is 0 Å². The van der Waals surface area contributed by atoms with Crippen molar-refractivity contribution in [3.05, 3.63) is 50.1 Å². The van der Waals surface area contributed by atoms with Crippen LogP contribution in [0.5, 0.6) is 0 Å². The predicted octanol–water partition coefficient (Wildman–Crippen LogP) is 4.22. The molecule has 3 nitrogen and oxygen atoms in total. The maximum atomic E-state index is 11.4. The first-order valence-corrected chi connectivity index (χ1v) is 7.38. The van der Waals surface area contributed by atoms with Crippen molar-refractivity contribution >= 4 is 38.9 Å². The van der Waals surface area contributed by atoms with Crippen molar-refractivity contribution in [2.45, 2.75) is 13.5 Å². The van der Waals surface area contributed by atoms with Gasteiger partial charge in [0.25, 0.3) is 0 Å². The number of benzene rings is 1. The molecule has 0 radical (unpaired) electrons. The van der Waals surface area contributed by atoms with Gasteiger partial charge in [-0.25, -0.2) is 4.79 Å². The minimum absolute atomic E-state index is 0.321. The Morgan fingerprint density at radius 3 is 2.84 bits per heavy atom. The van der Waals surface area contributed by atoms with Crippen LogP contribution in [-0.2, 0) is 11.3 Å². The van der Waals surface area contributed by atoms with Crippen LogP contribution in [-0.4, -0.2) is 13.1 Å². The van der Waals surface area contributed by atoms with Crippen LogP contribution in [0.1, 0.15) is 20.1 Å². The van der Waals surface area contributed by atoms with Gasteiger partial charge in [0.15, 0.2) is 0 Å². The quantitative estimate of drug-likeness (QED) is 0.847. The maximum absolute atomic E-state index is 11.4. The molecule has 2 aromatic rings. The molecule has 0 aliphatic rings. The Labute approximate surface area is 124 Å². The summed E-state index contributed by atoms with van der Waals surface area (Å²) in [5.41, 5.74) is 1.46. The van der Waals surface area contributed by atoms with E-state index in [0.29, 0.717) is 5.56 Å². The largest absolute Gasteiger partial charge is 0.465 e. The molecule has 19 heavy (non-hydrogen) atoms. The minimum Gasteiger partial charge on any atom is -0.465 e. The summed E-state index contributed by atoms with van der Waals surface area (Å²) in [5.74, 6) is -0.321. The van der Waals surface area contributed by atoms with E-state index in [1.54, 1.807) is 23.5 Å². The van der Waals surface area contributed by atoms with Gasteiger partial charge in [-0.1, -0.05) is 6.07 Å². The lowest BCUT2D eigenvalue weighted by Crippen LogP contribution is -2.03. The van der Waals surface area contributed by atoms with Gasteiger partial charge >= 0.3 is 5.97 Å². The Bertz CT molecular complexity index is 575. The third kappa shape index (κ3) is 3.58. The van der Waals surface area contributed by atoms with Crippen molar-refractivity contribution in [3.8, 4) is 0 Å². The molecular formula is C14H14BrNO2S. The molecule has 0 saturated carbocycles. The Hall–Kier alpha value is -1.33. The molecule has 0 amide bonds. The monoisotopic (exact) mass is 339 g/mol. The van der Waals surface area contributed by atoms with Gasteiger partial charge in [0, 0.05) is 26.5 Å². The topological polar surface area (TPSA) is 38.3 Å². The number of methoxy groups -OCH3 is 1. The first-order chi connectivity index (χ1) is 9.10. The lowest BCUT2D eigenvalue weighted by atomic mass is 10.2. The van der Waals surface area contributed by atoms with E-state index >= 15 is 0 Å². The van der Waals surface area contributed by atoms with E-state index in [2.05, 4.69) is 34.2 Å². The van der Waals surface area contributed by atoms with Crippen molar-refractivity contribution < 1.29 is 9.53 Å². The number of aryl methyl sites for hydroxylation is 1. The summed E-state index contributed by atoms with van der Waals surface area (Å²) in [7, 11) is 1.38. The van der Waals surface area contributed by atoms with Gasteiger partial charge in [0.05, 0.1) is 12.7 Å². The standard InChI is InChI=1S/C14H14BrNO2S/c1-9-13(15)7-12(19-9)8-16-11-5-3-4-10(6-11)14(17)18-2/h3-7,16H,8H2,1-2H3. The molecule has 5 heteroatoms. The molecule has 0 spiro atoms. The Balaban J connectivity index is 2.05. The van der Waals surface area contributed by atoms with Crippen LogP contribution in [0.15, 0.2) is 34.8 Å². The summed E-state index contributed by atoms with van der Waals surface area (Å²) in [6.07, 6.45) is 0. The number of thiophene rings is 1. The average Bonchev–Trinajstić information content (AvgIpc) is 2.75. The highest BCUT2D eigenvalue weighted by Gasteiger charge is 2.06. The number of halogens is 1. The fourth-order valence-electron chi connectivity index (χ4n) is 1.67. The smallest absolute Gasteiger partial charge is 0.337 e. The van der Waals surface area contributed by atoms with E-state index in [1.807, 2.05) is 12.1 Å². The average molecular weight is 340 g/mol. The van der Waals surface area contributed by atoms with Crippen molar-refractivity contribution in [1.82, 2.24) is 0 Å². The molecular weight excluding hydrogens is 326 g/mol. The Kier molecular flexibility index (Phi) is 4.61.